The van der Waals surface area contributed by atoms with Crippen LogP contribution in [-0.4, -0.2) is 17.1 Å². The minimum atomic E-state index is 0.563. The first-order valence-electron chi connectivity index (χ1n) is 6.50. The van der Waals surface area contributed by atoms with Gasteiger partial charge in [-0.05, 0) is 36.4 Å². The lowest BCUT2D eigenvalue weighted by atomic mass is 10.0. The molecule has 0 fully saturated rings. The van der Waals surface area contributed by atoms with Crippen LogP contribution in [0.15, 0.2) is 48.8 Å². The molecule has 0 spiro atoms. The number of nitriles is 1. The van der Waals surface area contributed by atoms with E-state index in [1.165, 1.54) is 0 Å². The van der Waals surface area contributed by atoms with Crippen molar-refractivity contribution in [2.24, 2.45) is 0 Å². The minimum absolute atomic E-state index is 0.563. The quantitative estimate of drug-likeness (QED) is 0.742. The lowest BCUT2D eigenvalue weighted by Gasteiger charge is -2.01. The van der Waals surface area contributed by atoms with E-state index >= 15 is 0 Å². The number of allylic oxidation sites excluding steroid dienone is 1. The van der Waals surface area contributed by atoms with Gasteiger partial charge in [0.1, 0.15) is 5.75 Å². The van der Waals surface area contributed by atoms with E-state index in [2.05, 4.69) is 16.0 Å². The fourth-order valence-electron chi connectivity index (χ4n) is 2.23. The lowest BCUT2D eigenvalue weighted by molar-refractivity contribution is 0.415. The zero-order valence-electron chi connectivity index (χ0n) is 11.5. The summed E-state index contributed by atoms with van der Waals surface area (Å²) in [5.41, 5.74) is 3.13. The van der Waals surface area contributed by atoms with Crippen molar-refractivity contribution in [1.29, 1.82) is 5.26 Å². The van der Waals surface area contributed by atoms with Gasteiger partial charge in [-0.3, -0.25) is 4.98 Å². The van der Waals surface area contributed by atoms with Crippen LogP contribution in [0.1, 0.15) is 11.3 Å². The molecule has 1 N–H and O–H groups in total. The van der Waals surface area contributed by atoms with Gasteiger partial charge in [-0.25, -0.2) is 0 Å². The summed E-state index contributed by atoms with van der Waals surface area (Å²) in [6, 6.07) is 13.6. The molecule has 0 aliphatic carbocycles. The molecule has 0 aliphatic heterocycles. The molecule has 3 aromatic rings. The average Bonchev–Trinajstić information content (AvgIpc) is 2.96. The maximum absolute atomic E-state index is 9.45. The fourth-order valence-corrected chi connectivity index (χ4v) is 2.23. The molecule has 0 bridgehead atoms. The van der Waals surface area contributed by atoms with Crippen LogP contribution in [0.4, 0.5) is 0 Å². The molecule has 1 aromatic carbocycles. The van der Waals surface area contributed by atoms with Crippen molar-refractivity contribution in [3.63, 3.8) is 0 Å². The highest BCUT2D eigenvalue weighted by Crippen LogP contribution is 2.29. The molecule has 0 atom stereocenters. The summed E-state index contributed by atoms with van der Waals surface area (Å²) in [4.78, 5) is 7.40. The third kappa shape index (κ3) is 2.49. The Labute approximate surface area is 122 Å². The van der Waals surface area contributed by atoms with Crippen LogP contribution in [0.3, 0.4) is 0 Å². The number of hydrogen-bond acceptors (Lipinski definition) is 3. The molecule has 0 aliphatic rings. The van der Waals surface area contributed by atoms with Gasteiger partial charge in [-0.1, -0.05) is 6.07 Å². The highest BCUT2D eigenvalue weighted by molar-refractivity contribution is 6.01. The van der Waals surface area contributed by atoms with Gasteiger partial charge in [0, 0.05) is 28.9 Å². The monoisotopic (exact) mass is 275 g/mol. The van der Waals surface area contributed by atoms with Crippen molar-refractivity contribution >= 4 is 22.6 Å². The highest BCUT2D eigenvalue weighted by Gasteiger charge is 2.09. The van der Waals surface area contributed by atoms with E-state index in [4.69, 9.17) is 4.74 Å². The molecule has 0 unspecified atom stereocenters. The van der Waals surface area contributed by atoms with Crippen LogP contribution in [0.5, 0.6) is 5.75 Å². The summed E-state index contributed by atoms with van der Waals surface area (Å²) in [5, 5.41) is 10.4. The van der Waals surface area contributed by atoms with Gasteiger partial charge in [0.2, 0.25) is 0 Å². The van der Waals surface area contributed by atoms with Crippen molar-refractivity contribution < 1.29 is 4.74 Å². The second-order valence-electron chi connectivity index (χ2n) is 4.54. The van der Waals surface area contributed by atoms with E-state index in [1.54, 1.807) is 19.4 Å². The molecule has 2 aromatic heterocycles. The fraction of sp³-hybridized carbons (Fsp3) is 0.0588. The number of aromatic amines is 1. The molecular weight excluding hydrogens is 262 g/mol. The van der Waals surface area contributed by atoms with E-state index in [1.807, 2.05) is 42.6 Å². The Hall–Kier alpha value is -3.06. The molecule has 4 heteroatoms. The molecule has 0 saturated carbocycles. The van der Waals surface area contributed by atoms with Crippen molar-refractivity contribution in [2.45, 2.75) is 0 Å². The van der Waals surface area contributed by atoms with E-state index in [-0.39, 0.29) is 0 Å². The SMILES string of the molecule is COc1ccc2[nH]cc(/C(C#N)=C/c3ccccn3)c2c1. The predicted octanol–water partition coefficient (Wildman–Crippen LogP) is 3.64. The van der Waals surface area contributed by atoms with Crippen molar-refractivity contribution in [1.82, 2.24) is 9.97 Å². The molecule has 0 amide bonds. The summed E-state index contributed by atoms with van der Waals surface area (Å²) in [5.74, 6) is 0.762. The zero-order chi connectivity index (χ0) is 14.7. The van der Waals surface area contributed by atoms with Gasteiger partial charge in [-0.15, -0.1) is 0 Å². The maximum atomic E-state index is 9.45. The molecule has 0 saturated heterocycles. The van der Waals surface area contributed by atoms with E-state index in [0.29, 0.717) is 5.57 Å². The van der Waals surface area contributed by atoms with Crippen LogP contribution in [0.25, 0.3) is 22.6 Å². The van der Waals surface area contributed by atoms with Gasteiger partial charge in [0.15, 0.2) is 0 Å². The zero-order valence-corrected chi connectivity index (χ0v) is 11.5. The Morgan fingerprint density at radius 3 is 2.95 bits per heavy atom. The Morgan fingerprint density at radius 1 is 1.33 bits per heavy atom. The van der Waals surface area contributed by atoms with Crippen LogP contribution < -0.4 is 4.74 Å². The molecular formula is C17H13N3O. The normalized spacial score (nSPS) is 11.3. The molecule has 4 nitrogen and oxygen atoms in total. The number of benzene rings is 1. The Kier molecular flexibility index (Phi) is 3.40. The second kappa shape index (κ2) is 5.51. The number of rotatable bonds is 3. The summed E-state index contributed by atoms with van der Waals surface area (Å²) < 4.78 is 5.25. The Balaban J connectivity index is 2.14. The van der Waals surface area contributed by atoms with Gasteiger partial charge < -0.3 is 9.72 Å². The second-order valence-corrected chi connectivity index (χ2v) is 4.54. The Bertz CT molecular complexity index is 841. The standard InChI is InChI=1S/C17H13N3O/c1-21-14-5-6-17-15(9-14)16(11-20-17)12(10-18)8-13-4-2-3-7-19-13/h2-9,11,20H,1H3/b12-8+. The average molecular weight is 275 g/mol. The molecule has 0 radical (unpaired) electrons. The van der Waals surface area contributed by atoms with Gasteiger partial charge >= 0.3 is 0 Å². The third-order valence-electron chi connectivity index (χ3n) is 3.28. The predicted molar refractivity (Wildman–Crippen MR) is 82.6 cm³/mol. The number of ether oxygens (including phenoxy) is 1. The smallest absolute Gasteiger partial charge is 0.119 e. The largest absolute Gasteiger partial charge is 0.497 e. The molecule has 2 heterocycles. The lowest BCUT2D eigenvalue weighted by Crippen LogP contribution is -1.84. The number of fused-ring (bicyclic) bond motifs is 1. The first kappa shape index (κ1) is 12.9. The van der Waals surface area contributed by atoms with Crippen molar-refractivity contribution in [2.75, 3.05) is 7.11 Å². The number of hydrogen-bond donors (Lipinski definition) is 1. The van der Waals surface area contributed by atoms with Crippen molar-refractivity contribution in [3.05, 3.63) is 60.0 Å². The number of H-pyrrole nitrogens is 1. The maximum Gasteiger partial charge on any atom is 0.119 e. The third-order valence-corrected chi connectivity index (χ3v) is 3.28. The summed E-state index contributed by atoms with van der Waals surface area (Å²) in [6.45, 7) is 0. The van der Waals surface area contributed by atoms with Crippen LogP contribution >= 0.6 is 0 Å². The number of pyridine rings is 1. The van der Waals surface area contributed by atoms with Crippen LogP contribution in [0.2, 0.25) is 0 Å². The minimum Gasteiger partial charge on any atom is -0.497 e. The summed E-state index contributed by atoms with van der Waals surface area (Å²) in [7, 11) is 1.63. The highest BCUT2D eigenvalue weighted by atomic mass is 16.5. The topological polar surface area (TPSA) is 61.7 Å². The van der Waals surface area contributed by atoms with Crippen LogP contribution in [0, 0.1) is 11.3 Å². The van der Waals surface area contributed by atoms with Crippen molar-refractivity contribution in [3.8, 4) is 11.8 Å². The van der Waals surface area contributed by atoms with Gasteiger partial charge in [0.25, 0.3) is 0 Å². The number of nitrogens with zero attached hydrogens (tertiary/aromatic N) is 2. The van der Waals surface area contributed by atoms with Gasteiger partial charge in [-0.2, -0.15) is 5.26 Å². The van der Waals surface area contributed by atoms with E-state index in [0.717, 1.165) is 27.9 Å². The Morgan fingerprint density at radius 2 is 2.24 bits per heavy atom. The first-order chi connectivity index (χ1) is 10.3. The first-order valence-corrected chi connectivity index (χ1v) is 6.50. The number of aromatic nitrogens is 2. The number of methoxy groups -OCH3 is 1. The number of nitrogens with one attached hydrogen (secondary N) is 1. The van der Waals surface area contributed by atoms with Crippen LogP contribution in [-0.2, 0) is 0 Å². The summed E-state index contributed by atoms with van der Waals surface area (Å²) >= 11 is 0. The van der Waals surface area contributed by atoms with Gasteiger partial charge in [0.05, 0.1) is 24.4 Å². The molecule has 3 rings (SSSR count). The van der Waals surface area contributed by atoms with E-state index in [9.17, 15) is 5.26 Å². The summed E-state index contributed by atoms with van der Waals surface area (Å²) in [6.07, 6.45) is 5.32. The molecule has 21 heavy (non-hydrogen) atoms. The van der Waals surface area contributed by atoms with E-state index < -0.39 is 0 Å². The molecule has 102 valence electrons.